The summed E-state index contributed by atoms with van der Waals surface area (Å²) in [7, 11) is 0. The molecule has 0 spiro atoms. The molecule has 3 N–H and O–H groups in total. The van der Waals surface area contributed by atoms with Crippen LogP contribution in [-0.2, 0) is 4.79 Å². The van der Waals surface area contributed by atoms with E-state index in [1.165, 1.54) is 6.07 Å². The average molecular weight is 235 g/mol. The third kappa shape index (κ3) is 3.28. The van der Waals surface area contributed by atoms with Crippen molar-refractivity contribution in [3.63, 3.8) is 0 Å². The van der Waals surface area contributed by atoms with Crippen molar-refractivity contribution in [2.45, 2.75) is 25.6 Å². The number of hydrogen-bond acceptors (Lipinski definition) is 4. The van der Waals surface area contributed by atoms with Crippen LogP contribution in [0.2, 0.25) is 0 Å². The Bertz CT molecular complexity index is 464. The molecular formula is C12H13NO4. The fourth-order valence-electron chi connectivity index (χ4n) is 1.53. The first-order chi connectivity index (χ1) is 7.95. The topological polar surface area (TPSA) is 102 Å². The molecule has 2 unspecified atom stereocenters. The molecule has 0 saturated carbocycles. The van der Waals surface area contributed by atoms with Gasteiger partial charge in [0, 0.05) is 5.56 Å². The van der Waals surface area contributed by atoms with Crippen LogP contribution in [0.15, 0.2) is 18.2 Å². The van der Waals surface area contributed by atoms with Crippen molar-refractivity contribution in [2.24, 2.45) is 0 Å². The van der Waals surface area contributed by atoms with Crippen molar-refractivity contribution in [2.75, 3.05) is 0 Å². The van der Waals surface area contributed by atoms with E-state index < -0.39 is 24.6 Å². The third-order valence-electron chi connectivity index (χ3n) is 2.39. The Morgan fingerprint density at radius 2 is 2.12 bits per heavy atom. The predicted octanol–water partition coefficient (Wildman–Crippen LogP) is 0.736. The van der Waals surface area contributed by atoms with E-state index in [4.69, 9.17) is 10.4 Å². The second kappa shape index (κ2) is 5.43. The molecule has 90 valence electrons. The number of hydrogen-bond donors (Lipinski definition) is 3. The first kappa shape index (κ1) is 13.2. The van der Waals surface area contributed by atoms with Gasteiger partial charge in [-0.2, -0.15) is 5.26 Å². The standard InChI is InChI=1S/C12H13NO4/c1-7-2-3-8(6-13)9(4-7)12(17)10(14)5-11(15)16/h2-4,10,12,14,17H,5H2,1H3,(H,15,16). The van der Waals surface area contributed by atoms with E-state index in [1.54, 1.807) is 19.1 Å². The van der Waals surface area contributed by atoms with Crippen LogP contribution >= 0.6 is 0 Å². The number of rotatable bonds is 4. The molecule has 1 rings (SSSR count). The van der Waals surface area contributed by atoms with Gasteiger partial charge in [-0.25, -0.2) is 0 Å². The largest absolute Gasteiger partial charge is 0.481 e. The summed E-state index contributed by atoms with van der Waals surface area (Å²) in [5.74, 6) is -1.21. The summed E-state index contributed by atoms with van der Waals surface area (Å²) in [5, 5.41) is 36.7. The number of aliphatic carboxylic acids is 1. The first-order valence-corrected chi connectivity index (χ1v) is 5.04. The molecule has 2 atom stereocenters. The second-order valence-electron chi connectivity index (χ2n) is 3.81. The molecule has 1 aromatic carbocycles. The smallest absolute Gasteiger partial charge is 0.306 e. The molecule has 0 aliphatic heterocycles. The van der Waals surface area contributed by atoms with Gasteiger partial charge in [-0.05, 0) is 13.0 Å². The third-order valence-corrected chi connectivity index (χ3v) is 2.39. The zero-order chi connectivity index (χ0) is 13.0. The lowest BCUT2D eigenvalue weighted by atomic mass is 9.96. The van der Waals surface area contributed by atoms with E-state index in [-0.39, 0.29) is 11.1 Å². The highest BCUT2D eigenvalue weighted by atomic mass is 16.4. The minimum Gasteiger partial charge on any atom is -0.481 e. The summed E-state index contributed by atoms with van der Waals surface area (Å²) in [5.41, 5.74) is 1.30. The number of aliphatic hydroxyl groups is 2. The number of aryl methyl sites for hydroxylation is 1. The van der Waals surface area contributed by atoms with E-state index in [2.05, 4.69) is 0 Å². The van der Waals surface area contributed by atoms with Crippen LogP contribution < -0.4 is 0 Å². The molecule has 0 aromatic heterocycles. The lowest BCUT2D eigenvalue weighted by Crippen LogP contribution is -2.22. The van der Waals surface area contributed by atoms with Crippen molar-refractivity contribution in [3.8, 4) is 6.07 Å². The number of benzene rings is 1. The molecule has 0 fully saturated rings. The van der Waals surface area contributed by atoms with Gasteiger partial charge in [0.25, 0.3) is 0 Å². The van der Waals surface area contributed by atoms with Crippen molar-refractivity contribution < 1.29 is 20.1 Å². The molecule has 0 aliphatic carbocycles. The van der Waals surface area contributed by atoms with Gasteiger partial charge in [0.15, 0.2) is 0 Å². The minimum atomic E-state index is -1.43. The molecule has 0 saturated heterocycles. The monoisotopic (exact) mass is 235 g/mol. The Labute approximate surface area is 98.6 Å². The number of carbonyl (C=O) groups is 1. The lowest BCUT2D eigenvalue weighted by Gasteiger charge is -2.18. The number of carboxylic acids is 1. The summed E-state index contributed by atoms with van der Waals surface area (Å²) in [4.78, 5) is 10.4. The normalized spacial score (nSPS) is 13.8. The van der Waals surface area contributed by atoms with Gasteiger partial charge in [-0.3, -0.25) is 4.79 Å². The van der Waals surface area contributed by atoms with E-state index in [1.807, 2.05) is 6.07 Å². The Morgan fingerprint density at radius 1 is 1.47 bits per heavy atom. The maximum atomic E-state index is 10.4. The van der Waals surface area contributed by atoms with Gasteiger partial charge in [0.1, 0.15) is 6.10 Å². The zero-order valence-electron chi connectivity index (χ0n) is 9.29. The Kier molecular flexibility index (Phi) is 4.21. The Hall–Kier alpha value is -1.90. The molecule has 5 heteroatoms. The first-order valence-electron chi connectivity index (χ1n) is 5.04. The maximum absolute atomic E-state index is 10.4. The van der Waals surface area contributed by atoms with Crippen LogP contribution in [0.1, 0.15) is 29.2 Å². The minimum absolute atomic E-state index is 0.229. The van der Waals surface area contributed by atoms with Gasteiger partial charge in [-0.15, -0.1) is 0 Å². The highest BCUT2D eigenvalue weighted by molar-refractivity contribution is 5.67. The lowest BCUT2D eigenvalue weighted by molar-refractivity contribution is -0.141. The van der Waals surface area contributed by atoms with E-state index in [0.29, 0.717) is 0 Å². The molecule has 0 radical (unpaired) electrons. The summed E-state index contributed by atoms with van der Waals surface area (Å²) in [6.07, 6.45) is -3.37. The summed E-state index contributed by atoms with van der Waals surface area (Å²) < 4.78 is 0. The van der Waals surface area contributed by atoms with E-state index in [0.717, 1.165) is 5.56 Å². The highest BCUT2D eigenvalue weighted by Gasteiger charge is 2.23. The number of carboxylic acid groups (broad SMARTS) is 1. The van der Waals surface area contributed by atoms with Crippen LogP contribution in [0.25, 0.3) is 0 Å². The van der Waals surface area contributed by atoms with Crippen LogP contribution in [-0.4, -0.2) is 27.4 Å². The Morgan fingerprint density at radius 3 is 2.65 bits per heavy atom. The average Bonchev–Trinajstić information content (AvgIpc) is 2.27. The molecular weight excluding hydrogens is 222 g/mol. The van der Waals surface area contributed by atoms with E-state index in [9.17, 15) is 15.0 Å². The van der Waals surface area contributed by atoms with Crippen molar-refractivity contribution in [1.29, 1.82) is 5.26 Å². The summed E-state index contributed by atoms with van der Waals surface area (Å²) in [6.45, 7) is 1.78. The van der Waals surface area contributed by atoms with Crippen LogP contribution in [0.5, 0.6) is 0 Å². The SMILES string of the molecule is Cc1ccc(C#N)c(C(O)C(O)CC(=O)O)c1. The number of nitriles is 1. The van der Waals surface area contributed by atoms with Crippen LogP contribution in [0.4, 0.5) is 0 Å². The molecule has 0 bridgehead atoms. The van der Waals surface area contributed by atoms with Crippen LogP contribution in [0.3, 0.4) is 0 Å². The maximum Gasteiger partial charge on any atom is 0.306 e. The van der Waals surface area contributed by atoms with Crippen LogP contribution in [0, 0.1) is 18.3 Å². The molecule has 17 heavy (non-hydrogen) atoms. The van der Waals surface area contributed by atoms with Gasteiger partial charge in [-0.1, -0.05) is 17.7 Å². The molecule has 0 amide bonds. The van der Waals surface area contributed by atoms with Crippen molar-refractivity contribution in [3.05, 3.63) is 34.9 Å². The number of aliphatic hydroxyl groups excluding tert-OH is 2. The van der Waals surface area contributed by atoms with Gasteiger partial charge >= 0.3 is 5.97 Å². The zero-order valence-corrected chi connectivity index (χ0v) is 9.29. The van der Waals surface area contributed by atoms with E-state index >= 15 is 0 Å². The fraction of sp³-hybridized carbons (Fsp3) is 0.333. The predicted molar refractivity (Wildman–Crippen MR) is 59.1 cm³/mol. The fourth-order valence-corrected chi connectivity index (χ4v) is 1.53. The highest BCUT2D eigenvalue weighted by Crippen LogP contribution is 2.23. The van der Waals surface area contributed by atoms with Crippen molar-refractivity contribution in [1.82, 2.24) is 0 Å². The van der Waals surface area contributed by atoms with Crippen molar-refractivity contribution >= 4 is 5.97 Å². The molecule has 0 aliphatic rings. The second-order valence-corrected chi connectivity index (χ2v) is 3.81. The molecule has 0 heterocycles. The number of nitrogens with zero attached hydrogens (tertiary/aromatic N) is 1. The molecule has 1 aromatic rings. The van der Waals surface area contributed by atoms with Gasteiger partial charge in [0.2, 0.25) is 0 Å². The summed E-state index contributed by atoms with van der Waals surface area (Å²) in [6, 6.07) is 6.69. The quantitative estimate of drug-likeness (QED) is 0.714. The van der Waals surface area contributed by atoms with Gasteiger partial charge in [0.05, 0.1) is 24.2 Å². The summed E-state index contributed by atoms with van der Waals surface area (Å²) >= 11 is 0. The Balaban J connectivity index is 3.02. The van der Waals surface area contributed by atoms with Gasteiger partial charge < -0.3 is 15.3 Å². The molecule has 5 nitrogen and oxygen atoms in total.